The van der Waals surface area contributed by atoms with E-state index in [9.17, 15) is 27.2 Å². The van der Waals surface area contributed by atoms with E-state index in [2.05, 4.69) is 5.32 Å². The molecule has 1 aliphatic heterocycles. The van der Waals surface area contributed by atoms with E-state index in [1.165, 1.54) is 47.4 Å². The predicted octanol–water partition coefficient (Wildman–Crippen LogP) is 2.30. The van der Waals surface area contributed by atoms with Crippen LogP contribution < -0.4 is 5.32 Å². The van der Waals surface area contributed by atoms with E-state index < -0.39 is 33.7 Å². The molecule has 0 unspecified atom stereocenters. The molecule has 0 radical (unpaired) electrons. The van der Waals surface area contributed by atoms with E-state index in [1.54, 1.807) is 26.8 Å². The van der Waals surface area contributed by atoms with Crippen LogP contribution in [0.15, 0.2) is 53.4 Å². The molecule has 3 amide bonds. The quantitative estimate of drug-likeness (QED) is 0.631. The van der Waals surface area contributed by atoms with E-state index in [4.69, 9.17) is 0 Å². The zero-order valence-electron chi connectivity index (χ0n) is 18.6. The summed E-state index contributed by atoms with van der Waals surface area (Å²) < 4.78 is 39.5. The third kappa shape index (κ3) is 5.22. The lowest BCUT2D eigenvalue weighted by Crippen LogP contribution is -2.49. The van der Waals surface area contributed by atoms with E-state index in [-0.39, 0.29) is 41.9 Å². The minimum Gasteiger partial charge on any atom is -0.352 e. The lowest BCUT2D eigenvalue weighted by Gasteiger charge is -2.30. The minimum atomic E-state index is -4.04. The van der Waals surface area contributed by atoms with Gasteiger partial charge in [-0.15, -0.1) is 0 Å². The van der Waals surface area contributed by atoms with Gasteiger partial charge in [-0.3, -0.25) is 14.4 Å². The van der Waals surface area contributed by atoms with Crippen molar-refractivity contribution in [3.63, 3.8) is 0 Å². The van der Waals surface area contributed by atoms with Crippen molar-refractivity contribution in [3.8, 4) is 0 Å². The van der Waals surface area contributed by atoms with Crippen LogP contribution in [0.1, 0.15) is 43.1 Å². The second kappa shape index (κ2) is 9.70. The van der Waals surface area contributed by atoms with Crippen molar-refractivity contribution in [2.75, 3.05) is 6.54 Å². The fourth-order valence-electron chi connectivity index (χ4n) is 3.57. The van der Waals surface area contributed by atoms with Crippen molar-refractivity contribution in [1.82, 2.24) is 14.5 Å². The molecule has 1 atom stereocenters. The van der Waals surface area contributed by atoms with Gasteiger partial charge in [-0.1, -0.05) is 24.3 Å². The van der Waals surface area contributed by atoms with Crippen LogP contribution in [-0.4, -0.2) is 54.0 Å². The molecule has 33 heavy (non-hydrogen) atoms. The molecule has 0 saturated carbocycles. The van der Waals surface area contributed by atoms with E-state index >= 15 is 0 Å². The van der Waals surface area contributed by atoms with Crippen molar-refractivity contribution < 1.29 is 27.2 Å². The highest BCUT2D eigenvalue weighted by atomic mass is 32.2. The number of nitrogens with one attached hydrogen (secondary N) is 1. The van der Waals surface area contributed by atoms with Crippen molar-refractivity contribution in [3.05, 3.63) is 65.5 Å². The Balaban J connectivity index is 1.79. The Hall–Kier alpha value is -3.27. The number of benzene rings is 2. The van der Waals surface area contributed by atoms with Gasteiger partial charge in [0, 0.05) is 25.6 Å². The molecule has 10 heteroatoms. The smallest absolute Gasteiger partial charge is 0.269 e. The molecule has 1 N–H and O–H groups in total. The van der Waals surface area contributed by atoms with Gasteiger partial charge in [0.2, 0.25) is 11.8 Å². The summed E-state index contributed by atoms with van der Waals surface area (Å²) in [6.45, 7) is 4.81. The fraction of sp³-hybridized carbons (Fsp3) is 0.348. The summed E-state index contributed by atoms with van der Waals surface area (Å²) in [5.41, 5.74) is 0.670. The summed E-state index contributed by atoms with van der Waals surface area (Å²) in [5.74, 6) is -2.00. The molecule has 8 nitrogen and oxygen atoms in total. The van der Waals surface area contributed by atoms with Gasteiger partial charge >= 0.3 is 0 Å². The number of sulfonamides is 1. The van der Waals surface area contributed by atoms with Crippen LogP contribution in [-0.2, 0) is 26.2 Å². The van der Waals surface area contributed by atoms with Crippen LogP contribution in [0, 0.1) is 5.82 Å². The highest BCUT2D eigenvalue weighted by molar-refractivity contribution is 7.90. The SMILES string of the molecule is CC(C)NC(=O)[C@@H](C)N(Cc1ccc(F)cc1)C(=O)CCN1C(=O)c2ccccc2S1(=O)=O. The van der Waals surface area contributed by atoms with Gasteiger partial charge in [-0.25, -0.2) is 17.1 Å². The molecule has 0 fully saturated rings. The maximum Gasteiger partial charge on any atom is 0.269 e. The van der Waals surface area contributed by atoms with Crippen LogP contribution >= 0.6 is 0 Å². The molecule has 2 aromatic rings. The second-order valence-electron chi connectivity index (χ2n) is 8.12. The third-order valence-electron chi connectivity index (χ3n) is 5.31. The number of fused-ring (bicyclic) bond motifs is 1. The summed E-state index contributed by atoms with van der Waals surface area (Å²) in [5, 5.41) is 2.75. The first kappa shape index (κ1) is 24.4. The maximum absolute atomic E-state index is 13.3. The largest absolute Gasteiger partial charge is 0.352 e. The average Bonchev–Trinajstić information content (AvgIpc) is 2.96. The van der Waals surface area contributed by atoms with Crippen LogP contribution in [0.25, 0.3) is 0 Å². The third-order valence-corrected chi connectivity index (χ3v) is 7.15. The summed E-state index contributed by atoms with van der Waals surface area (Å²) >= 11 is 0. The summed E-state index contributed by atoms with van der Waals surface area (Å²) in [6, 6.07) is 10.4. The van der Waals surface area contributed by atoms with Gasteiger partial charge in [0.25, 0.3) is 15.9 Å². The molecule has 3 rings (SSSR count). The molecule has 1 heterocycles. The molecule has 0 aromatic heterocycles. The molecular formula is C23H26FN3O5S. The van der Waals surface area contributed by atoms with E-state index in [1.807, 2.05) is 0 Å². The van der Waals surface area contributed by atoms with E-state index in [0.29, 0.717) is 9.87 Å². The summed E-state index contributed by atoms with van der Waals surface area (Å²) in [7, 11) is -4.04. The number of nitrogens with zero attached hydrogens (tertiary/aromatic N) is 2. The maximum atomic E-state index is 13.3. The number of rotatable bonds is 8. The topological polar surface area (TPSA) is 104 Å². The molecule has 176 valence electrons. The van der Waals surface area contributed by atoms with Gasteiger partial charge in [-0.2, -0.15) is 0 Å². The Morgan fingerprint density at radius 2 is 1.70 bits per heavy atom. The molecule has 2 aromatic carbocycles. The standard InChI is InChI=1S/C23H26FN3O5S/c1-15(2)25-22(29)16(3)26(14-17-8-10-18(24)11-9-17)21(28)12-13-27-23(30)19-6-4-5-7-20(19)33(27,31)32/h4-11,15-16H,12-14H2,1-3H3,(H,25,29)/t16-/m1/s1. The summed E-state index contributed by atoms with van der Waals surface area (Å²) in [4.78, 5) is 39.5. The number of hydrogen-bond acceptors (Lipinski definition) is 5. The van der Waals surface area contributed by atoms with Gasteiger partial charge in [-0.05, 0) is 50.6 Å². The van der Waals surface area contributed by atoms with Crippen molar-refractivity contribution in [2.45, 2.75) is 50.7 Å². The first-order valence-electron chi connectivity index (χ1n) is 10.5. The number of carbonyl (C=O) groups excluding carboxylic acids is 3. The van der Waals surface area contributed by atoms with Gasteiger partial charge in [0.05, 0.1) is 5.56 Å². The Kier molecular flexibility index (Phi) is 7.16. The van der Waals surface area contributed by atoms with Gasteiger partial charge in [0.1, 0.15) is 16.8 Å². The zero-order chi connectivity index (χ0) is 24.3. The van der Waals surface area contributed by atoms with Crippen LogP contribution in [0.4, 0.5) is 4.39 Å². The summed E-state index contributed by atoms with van der Waals surface area (Å²) in [6.07, 6.45) is -0.306. The van der Waals surface area contributed by atoms with Gasteiger partial charge in [0.15, 0.2) is 0 Å². The minimum absolute atomic E-state index is 0.0206. The number of amides is 3. The number of halogens is 1. The zero-order valence-corrected chi connectivity index (χ0v) is 19.4. The monoisotopic (exact) mass is 475 g/mol. The molecule has 0 bridgehead atoms. The molecular weight excluding hydrogens is 449 g/mol. The average molecular weight is 476 g/mol. The van der Waals surface area contributed by atoms with Crippen molar-refractivity contribution in [1.29, 1.82) is 0 Å². The normalized spacial score (nSPS) is 15.3. The fourth-order valence-corrected chi connectivity index (χ4v) is 5.14. The highest BCUT2D eigenvalue weighted by Gasteiger charge is 2.41. The molecule has 0 saturated heterocycles. The highest BCUT2D eigenvalue weighted by Crippen LogP contribution is 2.30. The lowest BCUT2D eigenvalue weighted by atomic mass is 10.1. The van der Waals surface area contributed by atoms with Crippen LogP contribution in [0.2, 0.25) is 0 Å². The molecule has 0 spiro atoms. The first-order chi connectivity index (χ1) is 15.5. The molecule has 1 aliphatic rings. The van der Waals surface area contributed by atoms with E-state index in [0.717, 1.165) is 0 Å². The number of carbonyl (C=O) groups is 3. The Morgan fingerprint density at radius 3 is 2.30 bits per heavy atom. The Morgan fingerprint density at radius 1 is 1.06 bits per heavy atom. The Bertz CT molecular complexity index is 1160. The second-order valence-corrected chi connectivity index (χ2v) is 9.95. The van der Waals surface area contributed by atoms with Crippen LogP contribution in [0.5, 0.6) is 0 Å². The van der Waals surface area contributed by atoms with Crippen molar-refractivity contribution in [2.24, 2.45) is 0 Å². The van der Waals surface area contributed by atoms with Crippen molar-refractivity contribution >= 4 is 27.7 Å². The van der Waals surface area contributed by atoms with Crippen LogP contribution in [0.3, 0.4) is 0 Å². The number of hydrogen-bond donors (Lipinski definition) is 1. The lowest BCUT2D eigenvalue weighted by molar-refractivity contribution is -0.140. The Labute approximate surface area is 192 Å². The first-order valence-corrected chi connectivity index (χ1v) is 12.0. The van der Waals surface area contributed by atoms with Gasteiger partial charge < -0.3 is 10.2 Å². The predicted molar refractivity (Wildman–Crippen MR) is 119 cm³/mol. The molecule has 0 aliphatic carbocycles.